The van der Waals surface area contributed by atoms with Gasteiger partial charge in [-0.1, -0.05) is 0 Å². The Kier molecular flexibility index (Phi) is 1.09. The Balaban J connectivity index is 2.33. The van der Waals surface area contributed by atoms with Crippen LogP contribution in [-0.2, 0) is 4.79 Å². The number of ketones is 1. The molecule has 2 aliphatic heterocycles. The number of allylic oxidation sites excluding steroid dienone is 2. The maximum atomic E-state index is 11.0. The zero-order valence-electron chi connectivity index (χ0n) is 5.58. The SMILES string of the molecule is O=C1CCN2CN=CC=C12. The summed E-state index contributed by atoms with van der Waals surface area (Å²) in [6.07, 6.45) is 4.16. The molecule has 0 aliphatic carbocycles. The van der Waals surface area contributed by atoms with Crippen LogP contribution in [0.2, 0.25) is 0 Å². The molecule has 0 spiro atoms. The smallest absolute Gasteiger partial charge is 0.180 e. The molecule has 0 bridgehead atoms. The van der Waals surface area contributed by atoms with Crippen LogP contribution in [0.1, 0.15) is 6.42 Å². The first-order chi connectivity index (χ1) is 4.88. The van der Waals surface area contributed by atoms with Crippen molar-refractivity contribution >= 4 is 12.0 Å². The molecule has 3 nitrogen and oxygen atoms in total. The number of aliphatic imine (C=N–C) groups is 1. The van der Waals surface area contributed by atoms with Gasteiger partial charge in [-0.3, -0.25) is 9.79 Å². The second-order valence-corrected chi connectivity index (χ2v) is 2.46. The Morgan fingerprint density at radius 2 is 2.50 bits per heavy atom. The minimum atomic E-state index is 0.256. The molecule has 0 N–H and O–H groups in total. The van der Waals surface area contributed by atoms with Crippen LogP contribution in [0, 0.1) is 0 Å². The first-order valence-corrected chi connectivity index (χ1v) is 3.36. The third kappa shape index (κ3) is 0.667. The molecule has 0 aromatic heterocycles. The Bertz CT molecular complexity index is 230. The van der Waals surface area contributed by atoms with Crippen molar-refractivity contribution in [2.24, 2.45) is 4.99 Å². The van der Waals surface area contributed by atoms with Gasteiger partial charge in [0.15, 0.2) is 5.78 Å². The van der Waals surface area contributed by atoms with Crippen LogP contribution in [0.25, 0.3) is 0 Å². The lowest BCUT2D eigenvalue weighted by Gasteiger charge is -2.17. The predicted molar refractivity (Wildman–Crippen MR) is 37.8 cm³/mol. The van der Waals surface area contributed by atoms with Crippen LogP contribution >= 0.6 is 0 Å². The van der Waals surface area contributed by atoms with E-state index in [4.69, 9.17) is 0 Å². The quantitative estimate of drug-likeness (QED) is 0.476. The zero-order valence-corrected chi connectivity index (χ0v) is 5.58. The maximum Gasteiger partial charge on any atom is 0.180 e. The summed E-state index contributed by atoms with van der Waals surface area (Å²) in [4.78, 5) is 17.1. The summed E-state index contributed by atoms with van der Waals surface area (Å²) in [5, 5.41) is 0. The van der Waals surface area contributed by atoms with Gasteiger partial charge >= 0.3 is 0 Å². The number of Topliss-reactive ketones (excluding diaryl/α,β-unsaturated/α-hetero) is 1. The number of carbonyl (C=O) groups is 1. The monoisotopic (exact) mass is 136 g/mol. The van der Waals surface area contributed by atoms with E-state index in [2.05, 4.69) is 4.99 Å². The number of nitrogens with zero attached hydrogens (tertiary/aromatic N) is 2. The predicted octanol–water partition coefficient (Wildman–Crippen LogP) is 0.187. The first kappa shape index (κ1) is 5.65. The average Bonchev–Trinajstić information content (AvgIpc) is 2.34. The molecule has 10 heavy (non-hydrogen) atoms. The van der Waals surface area contributed by atoms with Gasteiger partial charge in [0.05, 0.1) is 5.70 Å². The minimum absolute atomic E-state index is 0.256. The number of rotatable bonds is 0. The Morgan fingerprint density at radius 1 is 1.60 bits per heavy atom. The van der Waals surface area contributed by atoms with Gasteiger partial charge < -0.3 is 4.90 Å². The Hall–Kier alpha value is -1.12. The van der Waals surface area contributed by atoms with Crippen molar-refractivity contribution in [3.8, 4) is 0 Å². The van der Waals surface area contributed by atoms with Gasteiger partial charge in [0.1, 0.15) is 6.67 Å². The molecular weight excluding hydrogens is 128 g/mol. The van der Waals surface area contributed by atoms with Crippen LogP contribution in [-0.4, -0.2) is 30.1 Å². The molecule has 0 unspecified atom stereocenters. The lowest BCUT2D eigenvalue weighted by molar-refractivity contribution is -0.114. The van der Waals surface area contributed by atoms with Crippen LogP contribution in [0.3, 0.4) is 0 Å². The fourth-order valence-electron chi connectivity index (χ4n) is 1.28. The number of hydrogen-bond donors (Lipinski definition) is 0. The lowest BCUT2D eigenvalue weighted by atomic mass is 10.3. The highest BCUT2D eigenvalue weighted by atomic mass is 16.1. The van der Waals surface area contributed by atoms with E-state index in [1.807, 2.05) is 4.90 Å². The largest absolute Gasteiger partial charge is 0.349 e. The summed E-state index contributed by atoms with van der Waals surface area (Å²) in [6.45, 7) is 1.51. The van der Waals surface area contributed by atoms with E-state index in [0.29, 0.717) is 13.1 Å². The zero-order chi connectivity index (χ0) is 6.97. The fraction of sp³-hybridized carbons (Fsp3) is 0.429. The average molecular weight is 136 g/mol. The second-order valence-electron chi connectivity index (χ2n) is 2.46. The number of hydrogen-bond acceptors (Lipinski definition) is 3. The molecule has 0 atom stereocenters. The fourth-order valence-corrected chi connectivity index (χ4v) is 1.28. The van der Waals surface area contributed by atoms with E-state index < -0.39 is 0 Å². The highest BCUT2D eigenvalue weighted by Crippen LogP contribution is 2.17. The summed E-state index contributed by atoms with van der Waals surface area (Å²) < 4.78 is 0. The van der Waals surface area contributed by atoms with E-state index in [0.717, 1.165) is 12.2 Å². The normalized spacial score (nSPS) is 23.0. The topological polar surface area (TPSA) is 32.7 Å². The Labute approximate surface area is 59.0 Å². The molecule has 0 aromatic rings. The molecule has 1 saturated heterocycles. The van der Waals surface area contributed by atoms with Gasteiger partial charge in [-0.05, 0) is 6.08 Å². The molecule has 0 aromatic carbocycles. The molecular formula is C7H8N2O. The molecule has 2 heterocycles. The highest BCUT2D eigenvalue weighted by Gasteiger charge is 2.25. The molecule has 0 saturated carbocycles. The van der Waals surface area contributed by atoms with Gasteiger partial charge in [-0.25, -0.2) is 0 Å². The van der Waals surface area contributed by atoms with Crippen LogP contribution in [0.15, 0.2) is 16.8 Å². The van der Waals surface area contributed by atoms with Crippen molar-refractivity contribution in [2.45, 2.75) is 6.42 Å². The van der Waals surface area contributed by atoms with Crippen LogP contribution in [0.4, 0.5) is 0 Å². The maximum absolute atomic E-state index is 11.0. The molecule has 2 rings (SSSR count). The highest BCUT2D eigenvalue weighted by molar-refractivity contribution is 6.00. The van der Waals surface area contributed by atoms with Crippen molar-refractivity contribution in [1.82, 2.24) is 4.90 Å². The van der Waals surface area contributed by atoms with Crippen molar-refractivity contribution in [3.63, 3.8) is 0 Å². The summed E-state index contributed by atoms with van der Waals surface area (Å²) in [6, 6.07) is 0. The van der Waals surface area contributed by atoms with Crippen molar-refractivity contribution in [2.75, 3.05) is 13.2 Å². The molecule has 1 fully saturated rings. The van der Waals surface area contributed by atoms with Crippen LogP contribution in [0.5, 0.6) is 0 Å². The van der Waals surface area contributed by atoms with E-state index in [1.54, 1.807) is 12.3 Å². The second kappa shape index (κ2) is 1.94. The summed E-state index contributed by atoms with van der Waals surface area (Å²) in [5.41, 5.74) is 0.843. The molecule has 52 valence electrons. The van der Waals surface area contributed by atoms with E-state index in [-0.39, 0.29) is 5.78 Å². The standard InChI is InChI=1S/C7H8N2O/c10-7-2-4-9-5-8-3-1-6(7)9/h1,3H,2,4-5H2. The van der Waals surface area contributed by atoms with Gasteiger partial charge in [0.25, 0.3) is 0 Å². The molecule has 2 aliphatic rings. The molecule has 0 amide bonds. The lowest BCUT2D eigenvalue weighted by Crippen LogP contribution is -2.21. The van der Waals surface area contributed by atoms with E-state index in [1.165, 1.54) is 0 Å². The summed E-state index contributed by atoms with van der Waals surface area (Å²) in [5.74, 6) is 0.256. The number of carbonyl (C=O) groups excluding carboxylic acids is 1. The molecule has 3 heteroatoms. The third-order valence-electron chi connectivity index (χ3n) is 1.83. The number of fused-ring (bicyclic) bond motifs is 1. The third-order valence-corrected chi connectivity index (χ3v) is 1.83. The first-order valence-electron chi connectivity index (χ1n) is 3.36. The van der Waals surface area contributed by atoms with Gasteiger partial charge in [0.2, 0.25) is 0 Å². The minimum Gasteiger partial charge on any atom is -0.349 e. The van der Waals surface area contributed by atoms with Gasteiger partial charge in [0, 0.05) is 19.2 Å². The van der Waals surface area contributed by atoms with Crippen molar-refractivity contribution in [3.05, 3.63) is 11.8 Å². The van der Waals surface area contributed by atoms with Gasteiger partial charge in [-0.2, -0.15) is 0 Å². The Morgan fingerprint density at radius 3 is 3.30 bits per heavy atom. The van der Waals surface area contributed by atoms with Gasteiger partial charge in [-0.15, -0.1) is 0 Å². The van der Waals surface area contributed by atoms with E-state index in [9.17, 15) is 4.79 Å². The summed E-state index contributed by atoms with van der Waals surface area (Å²) >= 11 is 0. The van der Waals surface area contributed by atoms with Crippen LogP contribution < -0.4 is 0 Å². The van der Waals surface area contributed by atoms with Crippen molar-refractivity contribution in [1.29, 1.82) is 0 Å². The van der Waals surface area contributed by atoms with E-state index >= 15 is 0 Å². The molecule has 0 radical (unpaired) electrons. The summed E-state index contributed by atoms with van der Waals surface area (Å²) in [7, 11) is 0. The van der Waals surface area contributed by atoms with Crippen molar-refractivity contribution < 1.29 is 4.79 Å².